The molecule has 0 saturated heterocycles. The van der Waals surface area contributed by atoms with Crippen molar-refractivity contribution in [1.82, 2.24) is 20.3 Å². The first kappa shape index (κ1) is 24.2. The molecule has 2 aromatic carbocycles. The summed E-state index contributed by atoms with van der Waals surface area (Å²) in [5, 5.41) is 9.49. The van der Waals surface area contributed by atoms with Crippen LogP contribution in [-0.2, 0) is 12.6 Å². The summed E-state index contributed by atoms with van der Waals surface area (Å²) in [5.74, 6) is -0.843. The molecule has 1 heterocycles. The van der Waals surface area contributed by atoms with E-state index in [4.69, 9.17) is 4.74 Å². The Hall–Kier alpha value is -3.43. The van der Waals surface area contributed by atoms with Gasteiger partial charge in [0, 0.05) is 6.04 Å². The zero-order chi connectivity index (χ0) is 24.2. The van der Waals surface area contributed by atoms with Gasteiger partial charge in [-0.05, 0) is 75.6 Å². The van der Waals surface area contributed by atoms with Crippen LogP contribution in [0.1, 0.15) is 48.9 Å². The molecule has 0 saturated carbocycles. The summed E-state index contributed by atoms with van der Waals surface area (Å²) >= 11 is 0. The van der Waals surface area contributed by atoms with E-state index in [2.05, 4.69) is 15.6 Å². The molecule has 6 nitrogen and oxygen atoms in total. The Bertz CT molecular complexity index is 1080. The van der Waals surface area contributed by atoms with Crippen molar-refractivity contribution in [2.75, 3.05) is 0 Å². The average Bonchev–Trinajstić information content (AvgIpc) is 3.19. The summed E-state index contributed by atoms with van der Waals surface area (Å²) in [6.07, 6.45) is -3.72. The summed E-state index contributed by atoms with van der Waals surface area (Å²) in [7, 11) is 0. The van der Waals surface area contributed by atoms with Crippen molar-refractivity contribution in [3.8, 4) is 11.4 Å². The third-order valence-corrected chi connectivity index (χ3v) is 4.76. The number of aryl methyl sites for hydroxylation is 1. The summed E-state index contributed by atoms with van der Waals surface area (Å²) < 4.78 is 60.4. The van der Waals surface area contributed by atoms with E-state index < -0.39 is 35.3 Å². The fourth-order valence-corrected chi connectivity index (χ4v) is 3.21. The number of halogens is 4. The highest BCUT2D eigenvalue weighted by Crippen LogP contribution is 2.32. The maximum absolute atomic E-state index is 13.7. The van der Waals surface area contributed by atoms with Crippen LogP contribution in [0.3, 0.4) is 0 Å². The molecule has 1 aromatic heterocycles. The highest BCUT2D eigenvalue weighted by Gasteiger charge is 2.42. The molecule has 3 rings (SSSR count). The molecule has 0 aliphatic carbocycles. The maximum Gasteiger partial charge on any atom is 0.435 e. The number of rotatable bonds is 8. The van der Waals surface area contributed by atoms with E-state index in [1.165, 1.54) is 0 Å². The molecule has 0 radical (unpaired) electrons. The number of benzene rings is 2. The minimum atomic E-state index is -4.90. The van der Waals surface area contributed by atoms with Crippen LogP contribution in [0.15, 0.2) is 48.5 Å². The number of ether oxygens (including phenoxy) is 1. The number of aromatic nitrogens is 3. The molecule has 0 aliphatic heterocycles. The summed E-state index contributed by atoms with van der Waals surface area (Å²) in [6.45, 7) is 5.56. The minimum absolute atomic E-state index is 0.0618. The van der Waals surface area contributed by atoms with Gasteiger partial charge in [0.05, 0.1) is 11.8 Å². The number of alkyl halides is 3. The van der Waals surface area contributed by atoms with Crippen molar-refractivity contribution in [3.05, 3.63) is 71.3 Å². The number of carbonyl (C=O) groups is 1. The van der Waals surface area contributed by atoms with Gasteiger partial charge in [-0.15, -0.1) is 5.10 Å². The predicted octanol–water partition coefficient (Wildman–Crippen LogP) is 4.96. The lowest BCUT2D eigenvalue weighted by molar-refractivity contribution is -0.143. The number of nitrogens with one attached hydrogen (secondary N) is 1. The molecule has 0 spiro atoms. The fourth-order valence-electron chi connectivity index (χ4n) is 3.21. The Morgan fingerprint density at radius 3 is 2.27 bits per heavy atom. The van der Waals surface area contributed by atoms with Crippen molar-refractivity contribution in [2.24, 2.45) is 0 Å². The van der Waals surface area contributed by atoms with Gasteiger partial charge in [0.25, 0.3) is 5.91 Å². The van der Waals surface area contributed by atoms with Crippen LogP contribution in [-0.4, -0.2) is 33.0 Å². The lowest BCUT2D eigenvalue weighted by atomic mass is 10.1. The molecule has 1 unspecified atom stereocenters. The Kier molecular flexibility index (Phi) is 7.35. The molecular formula is C23H24F4N4O2. The molecule has 3 aromatic rings. The number of hydrogen-bond donors (Lipinski definition) is 1. The first-order valence-corrected chi connectivity index (χ1v) is 10.4. The number of hydrogen-bond acceptors (Lipinski definition) is 4. The van der Waals surface area contributed by atoms with Crippen molar-refractivity contribution in [2.45, 2.75) is 51.9 Å². The first-order valence-electron chi connectivity index (χ1n) is 10.4. The van der Waals surface area contributed by atoms with E-state index in [1.807, 2.05) is 38.1 Å². The van der Waals surface area contributed by atoms with Crippen LogP contribution in [0.5, 0.6) is 5.75 Å². The lowest BCUT2D eigenvalue weighted by Crippen LogP contribution is -2.34. The van der Waals surface area contributed by atoms with Gasteiger partial charge in [0.15, 0.2) is 11.4 Å². The highest BCUT2D eigenvalue weighted by molar-refractivity contribution is 5.93. The lowest BCUT2D eigenvalue weighted by Gasteiger charge is -2.15. The first-order chi connectivity index (χ1) is 15.5. The molecule has 0 bridgehead atoms. The molecule has 33 heavy (non-hydrogen) atoms. The molecule has 1 N–H and O–H groups in total. The second-order valence-electron chi connectivity index (χ2n) is 7.90. The zero-order valence-electron chi connectivity index (χ0n) is 18.4. The number of carbonyl (C=O) groups excluding carboxylic acids is 1. The van der Waals surface area contributed by atoms with Gasteiger partial charge in [-0.1, -0.05) is 17.3 Å². The smallest absolute Gasteiger partial charge is 0.435 e. The molecule has 0 aliphatic rings. The molecule has 0 fully saturated rings. The van der Waals surface area contributed by atoms with Crippen molar-refractivity contribution in [1.29, 1.82) is 0 Å². The number of nitrogens with zero attached hydrogens (tertiary/aromatic N) is 3. The Labute approximate surface area is 188 Å². The van der Waals surface area contributed by atoms with Crippen LogP contribution in [0.25, 0.3) is 5.69 Å². The molecule has 10 heteroatoms. The SMILES string of the molecule is CC(CCc1ccc(OC(C)C)cc1)NC(=O)c1nnn(-c2ccc(F)cc2)c1C(F)(F)F. The molecule has 1 amide bonds. The van der Waals surface area contributed by atoms with Crippen LogP contribution >= 0.6 is 0 Å². The standard InChI is InChI=1S/C23H24F4N4O2/c1-14(2)33-19-12-6-16(7-13-19)5-4-15(3)28-22(32)20-21(23(25,26)27)31(30-29-20)18-10-8-17(24)9-11-18/h6-15H,4-5H2,1-3H3,(H,28,32). The molecule has 1 atom stereocenters. The van der Waals surface area contributed by atoms with Crippen LogP contribution < -0.4 is 10.1 Å². The van der Waals surface area contributed by atoms with Crippen molar-refractivity contribution in [3.63, 3.8) is 0 Å². The van der Waals surface area contributed by atoms with E-state index >= 15 is 0 Å². The third kappa shape index (κ3) is 6.30. The largest absolute Gasteiger partial charge is 0.491 e. The molecular weight excluding hydrogens is 440 g/mol. The second-order valence-corrected chi connectivity index (χ2v) is 7.90. The van der Waals surface area contributed by atoms with Crippen molar-refractivity contribution >= 4 is 5.91 Å². The van der Waals surface area contributed by atoms with Gasteiger partial charge in [0.2, 0.25) is 0 Å². The van der Waals surface area contributed by atoms with E-state index in [0.717, 1.165) is 35.6 Å². The molecule has 176 valence electrons. The van der Waals surface area contributed by atoms with Crippen LogP contribution in [0, 0.1) is 5.82 Å². The van der Waals surface area contributed by atoms with Crippen LogP contribution in [0.4, 0.5) is 17.6 Å². The average molecular weight is 464 g/mol. The monoisotopic (exact) mass is 464 g/mol. The van der Waals surface area contributed by atoms with Gasteiger partial charge in [-0.2, -0.15) is 13.2 Å². The van der Waals surface area contributed by atoms with E-state index in [-0.39, 0.29) is 11.8 Å². The Morgan fingerprint density at radius 1 is 1.06 bits per heavy atom. The Morgan fingerprint density at radius 2 is 1.70 bits per heavy atom. The van der Waals surface area contributed by atoms with Gasteiger partial charge in [-0.25, -0.2) is 9.07 Å². The predicted molar refractivity (Wildman–Crippen MR) is 114 cm³/mol. The van der Waals surface area contributed by atoms with E-state index in [9.17, 15) is 22.4 Å². The van der Waals surface area contributed by atoms with E-state index in [0.29, 0.717) is 17.5 Å². The summed E-state index contributed by atoms with van der Waals surface area (Å²) in [4.78, 5) is 12.6. The second kappa shape index (κ2) is 10.0. The quantitative estimate of drug-likeness (QED) is 0.479. The number of amides is 1. The highest BCUT2D eigenvalue weighted by atomic mass is 19.4. The van der Waals surface area contributed by atoms with E-state index in [1.54, 1.807) is 6.92 Å². The van der Waals surface area contributed by atoms with Gasteiger partial charge < -0.3 is 10.1 Å². The minimum Gasteiger partial charge on any atom is -0.491 e. The van der Waals surface area contributed by atoms with Gasteiger partial charge in [0.1, 0.15) is 11.6 Å². The normalized spacial score (nSPS) is 12.6. The third-order valence-electron chi connectivity index (χ3n) is 4.76. The van der Waals surface area contributed by atoms with Crippen LogP contribution in [0.2, 0.25) is 0 Å². The van der Waals surface area contributed by atoms with Gasteiger partial charge in [-0.3, -0.25) is 4.79 Å². The maximum atomic E-state index is 13.7. The van der Waals surface area contributed by atoms with Crippen molar-refractivity contribution < 1.29 is 27.1 Å². The zero-order valence-corrected chi connectivity index (χ0v) is 18.4. The topological polar surface area (TPSA) is 69.0 Å². The fraction of sp³-hybridized carbons (Fsp3) is 0.348. The Balaban J connectivity index is 1.68. The van der Waals surface area contributed by atoms with Gasteiger partial charge >= 0.3 is 6.18 Å². The summed E-state index contributed by atoms with van der Waals surface area (Å²) in [5.41, 5.74) is -1.22. The summed E-state index contributed by atoms with van der Waals surface area (Å²) in [6, 6.07) is 11.3.